The van der Waals surface area contributed by atoms with E-state index >= 15 is 0 Å². The number of rotatable bonds is 0. The number of benzene rings is 1. The Labute approximate surface area is 79.1 Å². The predicted molar refractivity (Wildman–Crippen MR) is 46.9 cm³/mol. The molecule has 0 N–H and O–H groups in total. The second-order valence-electron chi connectivity index (χ2n) is 2.31. The molecule has 60 valence electrons. The third kappa shape index (κ3) is 1.48. The Morgan fingerprint density at radius 3 is 2.62 bits per heavy atom. The summed E-state index contributed by atoms with van der Waals surface area (Å²) in [6.45, 7) is 8.37. The van der Waals surface area contributed by atoms with Gasteiger partial charge in [-0.05, 0) is 24.6 Å². The quantitative estimate of drug-likeness (QED) is 0.559. The molecule has 0 spiro atoms. The molecule has 1 aromatic carbocycles. The van der Waals surface area contributed by atoms with Crippen LogP contribution in [0.25, 0.3) is 4.85 Å². The summed E-state index contributed by atoms with van der Waals surface area (Å²) in [5.74, 6) is 0. The monoisotopic (exact) mass is 169 g/mol. The molecule has 0 heterocycles. The van der Waals surface area contributed by atoms with Crippen LogP contribution in [-0.4, -0.2) is 0 Å². The van der Waals surface area contributed by atoms with Gasteiger partial charge >= 0.3 is 0 Å². The van der Waals surface area contributed by atoms with Crippen molar-refractivity contribution in [1.82, 2.24) is 0 Å². The van der Waals surface area contributed by atoms with Crippen LogP contribution in [0.2, 0.25) is 0 Å². The molecule has 0 bridgehead atoms. The summed E-state index contributed by atoms with van der Waals surface area (Å²) in [6.07, 6.45) is 0. The molecule has 0 aliphatic carbocycles. The molecule has 0 aliphatic heterocycles. The Hall–Kier alpha value is -2.31. The summed E-state index contributed by atoms with van der Waals surface area (Å²) in [5, 5.41) is 17.5. The molecular formula is C10H5N3. The fourth-order valence-corrected chi connectivity index (χ4v) is 0.860. The van der Waals surface area contributed by atoms with E-state index in [0.29, 0.717) is 5.56 Å². The fraction of sp³-hybridized carbons (Fsp3) is 0.100. The summed E-state index contributed by atoms with van der Waals surface area (Å²) >= 11 is 0. The van der Waals surface area contributed by atoms with Crippen molar-refractivity contribution in [3.05, 3.63) is 40.2 Å². The van der Waals surface area contributed by atoms with Crippen molar-refractivity contribution in [3.63, 3.8) is 0 Å². The summed E-state index contributed by atoms with van der Waals surface area (Å²) in [4.78, 5) is 3.10. The lowest BCUT2D eigenvalue weighted by Crippen LogP contribution is -1.84. The molecule has 0 fully saturated rings. The SMILES string of the molecule is [2H]c1c(C#N)c([2H])c([N+]#[C-])c(C)c1C#N. The first-order valence-corrected chi connectivity index (χ1v) is 3.39. The Bertz CT molecular complexity index is 454. The van der Waals surface area contributed by atoms with E-state index in [0.717, 1.165) is 0 Å². The van der Waals surface area contributed by atoms with E-state index in [4.69, 9.17) is 19.8 Å². The predicted octanol–water partition coefficient (Wildman–Crippen LogP) is 2.29. The van der Waals surface area contributed by atoms with Gasteiger partial charge in [0.1, 0.15) is 0 Å². The zero-order valence-electron chi connectivity index (χ0n) is 8.84. The smallest absolute Gasteiger partial charge is 0.192 e. The van der Waals surface area contributed by atoms with Crippen LogP contribution in [0, 0.1) is 36.2 Å². The highest BCUT2D eigenvalue weighted by atomic mass is 14.6. The van der Waals surface area contributed by atoms with Crippen molar-refractivity contribution in [3.8, 4) is 12.1 Å². The van der Waals surface area contributed by atoms with E-state index in [1.807, 2.05) is 0 Å². The molecule has 0 saturated carbocycles. The van der Waals surface area contributed by atoms with Crippen molar-refractivity contribution in [1.29, 1.82) is 10.5 Å². The maximum absolute atomic E-state index is 8.79. The van der Waals surface area contributed by atoms with Gasteiger partial charge in [0.15, 0.2) is 5.69 Å². The van der Waals surface area contributed by atoms with Crippen LogP contribution in [0.5, 0.6) is 0 Å². The van der Waals surface area contributed by atoms with Gasteiger partial charge in [0.25, 0.3) is 0 Å². The minimum absolute atomic E-state index is 0.00597. The number of nitrogens with zero attached hydrogens (tertiary/aromatic N) is 3. The minimum Gasteiger partial charge on any atom is -0.238 e. The lowest BCUT2D eigenvalue weighted by molar-refractivity contribution is 1.38. The molecule has 0 aromatic heterocycles. The molecule has 13 heavy (non-hydrogen) atoms. The number of hydrogen-bond acceptors (Lipinski definition) is 2. The Kier molecular flexibility index (Phi) is 1.63. The van der Waals surface area contributed by atoms with Crippen molar-refractivity contribution in [2.45, 2.75) is 6.92 Å². The molecule has 0 aliphatic rings. The molecule has 1 rings (SSSR count). The summed E-state index contributed by atoms with van der Waals surface area (Å²) in [5.41, 5.74) is 0.0392. The first-order valence-electron chi connectivity index (χ1n) is 4.39. The van der Waals surface area contributed by atoms with Gasteiger partial charge in [-0.25, -0.2) is 4.85 Å². The maximum Gasteiger partial charge on any atom is 0.192 e. The van der Waals surface area contributed by atoms with Crippen molar-refractivity contribution in [2.75, 3.05) is 0 Å². The average Bonchev–Trinajstić information content (AvgIpc) is 2.19. The van der Waals surface area contributed by atoms with Crippen molar-refractivity contribution >= 4 is 5.69 Å². The third-order valence-electron chi connectivity index (χ3n) is 1.56. The van der Waals surface area contributed by atoms with Crippen LogP contribution >= 0.6 is 0 Å². The maximum atomic E-state index is 8.79. The van der Waals surface area contributed by atoms with E-state index in [-0.39, 0.29) is 28.9 Å². The van der Waals surface area contributed by atoms with Gasteiger partial charge in [-0.2, -0.15) is 10.5 Å². The Morgan fingerprint density at radius 2 is 2.15 bits per heavy atom. The fourth-order valence-electron chi connectivity index (χ4n) is 0.860. The normalized spacial score (nSPS) is 10.3. The zero-order valence-corrected chi connectivity index (χ0v) is 6.84. The topological polar surface area (TPSA) is 51.9 Å². The van der Waals surface area contributed by atoms with Crippen molar-refractivity contribution < 1.29 is 2.74 Å². The van der Waals surface area contributed by atoms with E-state index in [2.05, 4.69) is 4.85 Å². The highest BCUT2D eigenvalue weighted by Gasteiger charge is 2.05. The standard InChI is InChI=1S/C10H5N3/c1-7-9(6-12)3-8(5-11)4-10(7)13-2/h3-4H,1H3/i3D,4D. The first kappa shape index (κ1) is 6.23. The van der Waals surface area contributed by atoms with Crippen LogP contribution in [0.1, 0.15) is 19.4 Å². The first-order chi connectivity index (χ1) is 7.08. The number of hydrogen-bond donors (Lipinski definition) is 0. The highest BCUT2D eigenvalue weighted by molar-refractivity contribution is 5.62. The van der Waals surface area contributed by atoms with Crippen LogP contribution in [-0.2, 0) is 0 Å². The van der Waals surface area contributed by atoms with Gasteiger partial charge in [-0.3, -0.25) is 0 Å². The van der Waals surface area contributed by atoms with Crippen molar-refractivity contribution in [2.24, 2.45) is 0 Å². The molecule has 0 amide bonds. The van der Waals surface area contributed by atoms with E-state index in [1.165, 1.54) is 6.92 Å². The Morgan fingerprint density at radius 1 is 1.46 bits per heavy atom. The molecule has 0 radical (unpaired) electrons. The number of nitriles is 2. The highest BCUT2D eigenvalue weighted by Crippen LogP contribution is 2.23. The van der Waals surface area contributed by atoms with E-state index in [1.54, 1.807) is 12.1 Å². The van der Waals surface area contributed by atoms with Gasteiger partial charge in [-0.15, -0.1) is 0 Å². The molecule has 3 heteroatoms. The molecule has 3 nitrogen and oxygen atoms in total. The Balaban J connectivity index is 3.88. The van der Waals surface area contributed by atoms with Crippen LogP contribution in [0.15, 0.2) is 12.1 Å². The summed E-state index contributed by atoms with van der Waals surface area (Å²) in [6, 6.07) is 2.91. The molecule has 1 aromatic rings. The van der Waals surface area contributed by atoms with Crippen LogP contribution in [0.3, 0.4) is 0 Å². The summed E-state index contributed by atoms with van der Waals surface area (Å²) < 4.78 is 15.1. The second kappa shape index (κ2) is 3.39. The van der Waals surface area contributed by atoms with E-state index in [9.17, 15) is 0 Å². The van der Waals surface area contributed by atoms with Gasteiger partial charge in [0.2, 0.25) is 0 Å². The van der Waals surface area contributed by atoms with Crippen LogP contribution < -0.4 is 0 Å². The van der Waals surface area contributed by atoms with Crippen LogP contribution in [0.4, 0.5) is 5.69 Å². The minimum atomic E-state index is -0.269. The van der Waals surface area contributed by atoms with Gasteiger partial charge in [0.05, 0.1) is 21.5 Å². The largest absolute Gasteiger partial charge is 0.238 e. The average molecular weight is 169 g/mol. The second-order valence-corrected chi connectivity index (χ2v) is 2.31. The zero-order chi connectivity index (χ0) is 11.6. The molecule has 0 atom stereocenters. The lowest BCUT2D eigenvalue weighted by Gasteiger charge is -1.99. The van der Waals surface area contributed by atoms with Gasteiger partial charge in [-0.1, -0.05) is 0 Å². The molecule has 0 saturated heterocycles. The molecule has 0 unspecified atom stereocenters. The summed E-state index contributed by atoms with van der Waals surface area (Å²) in [7, 11) is 0. The van der Waals surface area contributed by atoms with Gasteiger partial charge in [0, 0.05) is 11.1 Å². The third-order valence-corrected chi connectivity index (χ3v) is 1.56. The molecular weight excluding hydrogens is 162 g/mol. The van der Waals surface area contributed by atoms with E-state index < -0.39 is 0 Å². The lowest BCUT2D eigenvalue weighted by atomic mass is 10.0. The van der Waals surface area contributed by atoms with Gasteiger partial charge < -0.3 is 0 Å².